The molecule has 0 bridgehead atoms. The minimum atomic E-state index is 0.518. The van der Waals surface area contributed by atoms with Gasteiger partial charge in [0.25, 0.3) is 0 Å². The second-order valence-electron chi connectivity index (χ2n) is 2.66. The summed E-state index contributed by atoms with van der Waals surface area (Å²) in [5.41, 5.74) is 0. The van der Waals surface area contributed by atoms with Crippen LogP contribution >= 0.6 is 23.4 Å². The second-order valence-corrected chi connectivity index (χ2v) is 4.61. The van der Waals surface area contributed by atoms with Crippen LogP contribution in [0.2, 0.25) is 5.15 Å². The van der Waals surface area contributed by atoms with Gasteiger partial charge in [0, 0.05) is 6.20 Å². The smallest absolute Gasteiger partial charge is 0.139 e. The van der Waals surface area contributed by atoms with Crippen molar-refractivity contribution in [1.29, 1.82) is 0 Å². The van der Waals surface area contributed by atoms with E-state index in [1.165, 1.54) is 0 Å². The lowest BCUT2D eigenvalue weighted by atomic mass is 10.6. The van der Waals surface area contributed by atoms with E-state index in [4.69, 9.17) is 11.6 Å². The third kappa shape index (κ3) is 3.41. The van der Waals surface area contributed by atoms with Crippen LogP contribution in [0.4, 0.5) is 0 Å². The van der Waals surface area contributed by atoms with Crippen LogP contribution in [0.25, 0.3) is 0 Å². The van der Waals surface area contributed by atoms with E-state index in [1.54, 1.807) is 12.3 Å². The number of aromatic nitrogens is 2. The standard InChI is InChI=1S/C8H11ClN2S/c1-6(2)12-5-8-10-4-3-7(9)11-8/h3-4,6H,5H2,1-2H3. The molecule has 12 heavy (non-hydrogen) atoms. The molecule has 0 amide bonds. The molecule has 0 saturated heterocycles. The normalized spacial score (nSPS) is 10.7. The lowest BCUT2D eigenvalue weighted by molar-refractivity contribution is 1.02. The van der Waals surface area contributed by atoms with Crippen LogP contribution in [0.3, 0.4) is 0 Å². The fraction of sp³-hybridized carbons (Fsp3) is 0.500. The van der Waals surface area contributed by atoms with Crippen LogP contribution < -0.4 is 0 Å². The summed E-state index contributed by atoms with van der Waals surface area (Å²) in [6, 6.07) is 1.69. The maximum absolute atomic E-state index is 5.70. The molecule has 66 valence electrons. The Hall–Kier alpha value is -0.280. The third-order valence-electron chi connectivity index (χ3n) is 1.22. The minimum Gasteiger partial charge on any atom is -0.240 e. The van der Waals surface area contributed by atoms with E-state index >= 15 is 0 Å². The van der Waals surface area contributed by atoms with Gasteiger partial charge in [0.05, 0.1) is 5.75 Å². The van der Waals surface area contributed by atoms with Crippen molar-refractivity contribution < 1.29 is 0 Å². The molecule has 0 aliphatic rings. The van der Waals surface area contributed by atoms with Gasteiger partial charge < -0.3 is 0 Å². The van der Waals surface area contributed by atoms with Gasteiger partial charge in [-0.3, -0.25) is 0 Å². The van der Waals surface area contributed by atoms with Gasteiger partial charge in [-0.25, -0.2) is 9.97 Å². The van der Waals surface area contributed by atoms with Crippen molar-refractivity contribution in [2.75, 3.05) is 0 Å². The summed E-state index contributed by atoms with van der Waals surface area (Å²) in [5.74, 6) is 1.64. The Labute approximate surface area is 81.8 Å². The number of thioether (sulfide) groups is 1. The van der Waals surface area contributed by atoms with Gasteiger partial charge in [-0.2, -0.15) is 11.8 Å². The summed E-state index contributed by atoms with van der Waals surface area (Å²) in [5, 5.41) is 1.12. The SMILES string of the molecule is CC(C)SCc1nccc(Cl)n1. The first-order valence-electron chi connectivity index (χ1n) is 3.77. The van der Waals surface area contributed by atoms with Crippen LogP contribution in [0, 0.1) is 0 Å². The number of rotatable bonds is 3. The first kappa shape index (κ1) is 9.81. The van der Waals surface area contributed by atoms with Gasteiger partial charge in [-0.05, 0) is 11.3 Å². The second kappa shape index (κ2) is 4.67. The summed E-state index contributed by atoms with van der Waals surface area (Å²) in [4.78, 5) is 8.17. The molecule has 1 aromatic rings. The fourth-order valence-electron chi connectivity index (χ4n) is 0.685. The monoisotopic (exact) mass is 202 g/mol. The Morgan fingerprint density at radius 2 is 2.33 bits per heavy atom. The average molecular weight is 203 g/mol. The van der Waals surface area contributed by atoms with Crippen molar-refractivity contribution >= 4 is 23.4 Å². The zero-order valence-corrected chi connectivity index (χ0v) is 8.69. The number of nitrogens with zero attached hydrogens (tertiary/aromatic N) is 2. The van der Waals surface area contributed by atoms with Crippen LogP contribution in [0.15, 0.2) is 12.3 Å². The van der Waals surface area contributed by atoms with E-state index in [2.05, 4.69) is 23.8 Å². The quantitative estimate of drug-likeness (QED) is 0.705. The first-order valence-corrected chi connectivity index (χ1v) is 5.20. The third-order valence-corrected chi connectivity index (χ3v) is 2.52. The van der Waals surface area contributed by atoms with Gasteiger partial charge in [-0.15, -0.1) is 0 Å². The van der Waals surface area contributed by atoms with E-state index in [-0.39, 0.29) is 0 Å². The molecule has 1 rings (SSSR count). The van der Waals surface area contributed by atoms with E-state index in [1.807, 2.05) is 11.8 Å². The summed E-state index contributed by atoms with van der Waals surface area (Å²) < 4.78 is 0. The maximum Gasteiger partial charge on any atom is 0.139 e. The Kier molecular flexibility index (Phi) is 3.82. The highest BCUT2D eigenvalue weighted by atomic mass is 35.5. The molecule has 0 aliphatic heterocycles. The average Bonchev–Trinajstić information content (AvgIpc) is 2.01. The van der Waals surface area contributed by atoms with Gasteiger partial charge in [0.1, 0.15) is 11.0 Å². The summed E-state index contributed by atoms with van der Waals surface area (Å²) in [6.45, 7) is 4.30. The van der Waals surface area contributed by atoms with Crippen molar-refractivity contribution in [3.8, 4) is 0 Å². The van der Waals surface area contributed by atoms with Crippen LogP contribution in [-0.4, -0.2) is 15.2 Å². The Bertz CT molecular complexity index is 253. The molecule has 0 N–H and O–H groups in total. The predicted octanol–water partition coefficient (Wildman–Crippen LogP) is 2.77. The van der Waals surface area contributed by atoms with Crippen molar-refractivity contribution in [2.45, 2.75) is 24.9 Å². The summed E-state index contributed by atoms with van der Waals surface area (Å²) >= 11 is 7.51. The number of hydrogen-bond donors (Lipinski definition) is 0. The van der Waals surface area contributed by atoms with Crippen molar-refractivity contribution in [3.63, 3.8) is 0 Å². The highest BCUT2D eigenvalue weighted by molar-refractivity contribution is 7.99. The van der Waals surface area contributed by atoms with Crippen molar-refractivity contribution in [3.05, 3.63) is 23.2 Å². The summed E-state index contributed by atoms with van der Waals surface area (Å²) in [7, 11) is 0. The highest BCUT2D eigenvalue weighted by Crippen LogP contribution is 2.14. The molecular formula is C8H11ClN2S. The highest BCUT2D eigenvalue weighted by Gasteiger charge is 1.99. The van der Waals surface area contributed by atoms with Gasteiger partial charge in [-0.1, -0.05) is 25.4 Å². The molecule has 4 heteroatoms. The lowest BCUT2D eigenvalue weighted by Gasteiger charge is -2.02. The number of hydrogen-bond acceptors (Lipinski definition) is 3. The van der Waals surface area contributed by atoms with Crippen molar-refractivity contribution in [2.24, 2.45) is 0 Å². The molecule has 0 radical (unpaired) electrons. The largest absolute Gasteiger partial charge is 0.240 e. The molecule has 0 saturated carbocycles. The number of halogens is 1. The van der Waals surface area contributed by atoms with E-state index in [9.17, 15) is 0 Å². The molecule has 0 aliphatic carbocycles. The molecule has 1 aromatic heterocycles. The molecular weight excluding hydrogens is 192 g/mol. The van der Waals surface area contributed by atoms with Gasteiger partial charge >= 0.3 is 0 Å². The molecule has 1 heterocycles. The topological polar surface area (TPSA) is 25.8 Å². The fourth-order valence-corrected chi connectivity index (χ4v) is 1.46. The van der Waals surface area contributed by atoms with Gasteiger partial charge in [0.2, 0.25) is 0 Å². The molecule has 0 atom stereocenters. The Morgan fingerprint density at radius 1 is 1.58 bits per heavy atom. The van der Waals surface area contributed by atoms with E-state index < -0.39 is 0 Å². The molecule has 2 nitrogen and oxygen atoms in total. The molecule has 0 spiro atoms. The zero-order valence-electron chi connectivity index (χ0n) is 7.12. The minimum absolute atomic E-state index is 0.518. The Morgan fingerprint density at radius 3 is 2.92 bits per heavy atom. The van der Waals surface area contributed by atoms with Gasteiger partial charge in [0.15, 0.2) is 0 Å². The van der Waals surface area contributed by atoms with E-state index in [0.29, 0.717) is 10.4 Å². The Balaban J connectivity index is 2.52. The van der Waals surface area contributed by atoms with Crippen LogP contribution in [0.1, 0.15) is 19.7 Å². The molecule has 0 aromatic carbocycles. The van der Waals surface area contributed by atoms with Crippen molar-refractivity contribution in [1.82, 2.24) is 9.97 Å². The first-order chi connectivity index (χ1) is 5.68. The maximum atomic E-state index is 5.70. The van der Waals surface area contributed by atoms with Crippen LogP contribution in [-0.2, 0) is 5.75 Å². The molecule has 0 fully saturated rings. The van der Waals surface area contributed by atoms with E-state index in [0.717, 1.165) is 11.6 Å². The molecule has 0 unspecified atom stereocenters. The van der Waals surface area contributed by atoms with Crippen LogP contribution in [0.5, 0.6) is 0 Å². The zero-order chi connectivity index (χ0) is 8.97. The predicted molar refractivity (Wildman–Crippen MR) is 53.5 cm³/mol. The summed E-state index contributed by atoms with van der Waals surface area (Å²) in [6.07, 6.45) is 1.69. The lowest BCUT2D eigenvalue weighted by Crippen LogP contribution is -1.94.